The molecule has 0 spiro atoms. The molecule has 1 amide bonds. The Morgan fingerprint density at radius 1 is 1.33 bits per heavy atom. The summed E-state index contributed by atoms with van der Waals surface area (Å²) in [5.74, 6) is 0.135. The van der Waals surface area contributed by atoms with Gasteiger partial charge in [-0.1, -0.05) is 22.0 Å². The summed E-state index contributed by atoms with van der Waals surface area (Å²) in [5.41, 5.74) is 1.83. The molecule has 0 aromatic heterocycles. The van der Waals surface area contributed by atoms with Crippen LogP contribution in [0.1, 0.15) is 29.8 Å². The summed E-state index contributed by atoms with van der Waals surface area (Å²) in [6.45, 7) is 7.89. The van der Waals surface area contributed by atoms with Crippen molar-refractivity contribution in [2.75, 3.05) is 13.1 Å². The zero-order valence-corrected chi connectivity index (χ0v) is 12.6. The summed E-state index contributed by atoms with van der Waals surface area (Å²) in [6, 6.07) is 6.34. The van der Waals surface area contributed by atoms with Crippen molar-refractivity contribution in [2.45, 2.75) is 32.9 Å². The first-order valence-corrected chi connectivity index (χ1v) is 7.09. The molecule has 1 N–H and O–H groups in total. The number of nitrogens with one attached hydrogen (secondary N) is 1. The number of rotatable bonds is 1. The van der Waals surface area contributed by atoms with Gasteiger partial charge in [0.2, 0.25) is 0 Å². The lowest BCUT2D eigenvalue weighted by molar-refractivity contribution is 0.0543. The fraction of sp³-hybridized carbons (Fsp3) is 0.500. The fourth-order valence-electron chi connectivity index (χ4n) is 2.50. The van der Waals surface area contributed by atoms with E-state index in [1.54, 1.807) is 0 Å². The lowest BCUT2D eigenvalue weighted by Crippen LogP contribution is -2.57. The third kappa shape index (κ3) is 2.59. The molecule has 4 heteroatoms. The molecule has 0 aliphatic carbocycles. The van der Waals surface area contributed by atoms with Gasteiger partial charge < -0.3 is 10.2 Å². The van der Waals surface area contributed by atoms with Crippen LogP contribution in [0.2, 0.25) is 0 Å². The highest BCUT2D eigenvalue weighted by atomic mass is 79.9. The molecule has 3 nitrogen and oxygen atoms in total. The first-order valence-electron chi connectivity index (χ1n) is 6.30. The Balaban J connectivity index is 2.32. The highest BCUT2D eigenvalue weighted by Crippen LogP contribution is 2.21. The maximum Gasteiger partial charge on any atom is 0.254 e. The molecule has 0 radical (unpaired) electrons. The maximum absolute atomic E-state index is 12.7. The lowest BCUT2D eigenvalue weighted by Gasteiger charge is -2.39. The van der Waals surface area contributed by atoms with E-state index in [-0.39, 0.29) is 18.0 Å². The highest BCUT2D eigenvalue weighted by molar-refractivity contribution is 9.10. The van der Waals surface area contributed by atoms with Gasteiger partial charge in [0, 0.05) is 35.2 Å². The summed E-state index contributed by atoms with van der Waals surface area (Å²) in [5, 5.41) is 3.34. The molecule has 2 rings (SSSR count). The first kappa shape index (κ1) is 13.6. The Kier molecular flexibility index (Phi) is 4.07. The van der Waals surface area contributed by atoms with Gasteiger partial charge in [0.1, 0.15) is 0 Å². The molecule has 98 valence electrons. The van der Waals surface area contributed by atoms with Crippen molar-refractivity contribution in [1.82, 2.24) is 10.2 Å². The van der Waals surface area contributed by atoms with E-state index in [9.17, 15) is 4.79 Å². The van der Waals surface area contributed by atoms with Crippen LogP contribution in [-0.4, -0.2) is 36.0 Å². The van der Waals surface area contributed by atoms with E-state index in [2.05, 4.69) is 35.1 Å². The van der Waals surface area contributed by atoms with Crippen LogP contribution >= 0.6 is 15.9 Å². The summed E-state index contributed by atoms with van der Waals surface area (Å²) < 4.78 is 0.951. The molecule has 1 aromatic carbocycles. The molecular formula is C14H19BrN2O. The minimum atomic E-state index is 0.135. The van der Waals surface area contributed by atoms with E-state index in [0.717, 1.165) is 28.7 Å². The minimum absolute atomic E-state index is 0.135. The summed E-state index contributed by atoms with van der Waals surface area (Å²) in [4.78, 5) is 14.7. The highest BCUT2D eigenvalue weighted by Gasteiger charge is 2.30. The largest absolute Gasteiger partial charge is 0.331 e. The molecule has 0 bridgehead atoms. The van der Waals surface area contributed by atoms with E-state index >= 15 is 0 Å². The van der Waals surface area contributed by atoms with Crippen LogP contribution < -0.4 is 5.32 Å². The predicted octanol–water partition coefficient (Wildman–Crippen LogP) is 2.58. The second-order valence-corrected chi connectivity index (χ2v) is 5.94. The third-order valence-electron chi connectivity index (χ3n) is 3.49. The van der Waals surface area contributed by atoms with E-state index in [0.29, 0.717) is 0 Å². The molecular weight excluding hydrogens is 292 g/mol. The first-order chi connectivity index (χ1) is 8.50. The number of nitrogens with zero attached hydrogens (tertiary/aromatic N) is 1. The van der Waals surface area contributed by atoms with E-state index < -0.39 is 0 Å². The molecule has 1 aromatic rings. The van der Waals surface area contributed by atoms with Gasteiger partial charge >= 0.3 is 0 Å². The molecule has 1 aliphatic heterocycles. The van der Waals surface area contributed by atoms with Gasteiger partial charge in [-0.3, -0.25) is 4.79 Å². The second-order valence-electron chi connectivity index (χ2n) is 5.03. The van der Waals surface area contributed by atoms with Crippen LogP contribution in [0.3, 0.4) is 0 Å². The van der Waals surface area contributed by atoms with Crippen molar-refractivity contribution in [2.24, 2.45) is 0 Å². The number of piperazine rings is 1. The number of aryl methyl sites for hydroxylation is 1. The van der Waals surface area contributed by atoms with Gasteiger partial charge in [-0.25, -0.2) is 0 Å². The molecule has 1 aliphatic rings. The zero-order chi connectivity index (χ0) is 13.3. The van der Waals surface area contributed by atoms with E-state index in [1.807, 2.05) is 30.0 Å². The number of hydrogen-bond donors (Lipinski definition) is 1. The quantitative estimate of drug-likeness (QED) is 0.864. The minimum Gasteiger partial charge on any atom is -0.331 e. The number of benzene rings is 1. The van der Waals surface area contributed by atoms with Gasteiger partial charge in [-0.2, -0.15) is 0 Å². The normalized spacial score (nSPS) is 24.1. The Hall–Kier alpha value is -0.870. The van der Waals surface area contributed by atoms with Crippen molar-refractivity contribution >= 4 is 21.8 Å². The maximum atomic E-state index is 12.7. The Morgan fingerprint density at radius 2 is 1.94 bits per heavy atom. The van der Waals surface area contributed by atoms with Crippen molar-refractivity contribution in [3.63, 3.8) is 0 Å². The smallest absolute Gasteiger partial charge is 0.254 e. The SMILES string of the molecule is Cc1ccc(Br)cc1C(=O)N1C(C)CNCC1C. The number of hydrogen-bond acceptors (Lipinski definition) is 2. The average Bonchev–Trinajstić information content (AvgIpc) is 2.32. The van der Waals surface area contributed by atoms with Crippen LogP contribution in [-0.2, 0) is 0 Å². The Morgan fingerprint density at radius 3 is 2.56 bits per heavy atom. The van der Waals surface area contributed by atoms with Gasteiger partial charge in [0.05, 0.1) is 0 Å². The molecule has 2 atom stereocenters. The zero-order valence-electron chi connectivity index (χ0n) is 11.0. The number of amides is 1. The summed E-state index contributed by atoms with van der Waals surface area (Å²) in [6.07, 6.45) is 0. The molecule has 1 fully saturated rings. The van der Waals surface area contributed by atoms with E-state index in [1.165, 1.54) is 0 Å². The topological polar surface area (TPSA) is 32.3 Å². The van der Waals surface area contributed by atoms with Crippen LogP contribution in [0, 0.1) is 6.92 Å². The van der Waals surface area contributed by atoms with Crippen molar-refractivity contribution in [3.05, 3.63) is 33.8 Å². The van der Waals surface area contributed by atoms with Gasteiger partial charge in [-0.05, 0) is 38.5 Å². The molecule has 0 saturated carbocycles. The molecule has 1 saturated heterocycles. The molecule has 18 heavy (non-hydrogen) atoms. The summed E-state index contributed by atoms with van der Waals surface area (Å²) in [7, 11) is 0. The summed E-state index contributed by atoms with van der Waals surface area (Å²) >= 11 is 3.44. The third-order valence-corrected chi connectivity index (χ3v) is 3.99. The predicted molar refractivity (Wildman–Crippen MR) is 76.8 cm³/mol. The van der Waals surface area contributed by atoms with Gasteiger partial charge in [-0.15, -0.1) is 0 Å². The Labute approximate surface area is 117 Å². The van der Waals surface area contributed by atoms with E-state index in [4.69, 9.17) is 0 Å². The van der Waals surface area contributed by atoms with Crippen LogP contribution in [0.4, 0.5) is 0 Å². The standard InChI is InChI=1S/C14H19BrN2O/c1-9-4-5-12(15)6-13(9)14(18)17-10(2)7-16-8-11(17)3/h4-6,10-11,16H,7-8H2,1-3H3. The monoisotopic (exact) mass is 310 g/mol. The van der Waals surface area contributed by atoms with Crippen molar-refractivity contribution in [3.8, 4) is 0 Å². The van der Waals surface area contributed by atoms with Crippen LogP contribution in [0.5, 0.6) is 0 Å². The second kappa shape index (κ2) is 5.41. The number of carbonyl (C=O) groups is 1. The van der Waals surface area contributed by atoms with Crippen LogP contribution in [0.25, 0.3) is 0 Å². The molecule has 1 heterocycles. The fourth-order valence-corrected chi connectivity index (χ4v) is 2.86. The van der Waals surface area contributed by atoms with Gasteiger partial charge in [0.25, 0.3) is 5.91 Å². The lowest BCUT2D eigenvalue weighted by atomic mass is 10.0. The average molecular weight is 311 g/mol. The molecule has 2 unspecified atom stereocenters. The Bertz CT molecular complexity index is 451. The van der Waals surface area contributed by atoms with Crippen molar-refractivity contribution < 1.29 is 4.79 Å². The number of halogens is 1. The van der Waals surface area contributed by atoms with Crippen molar-refractivity contribution in [1.29, 1.82) is 0 Å². The van der Waals surface area contributed by atoms with Crippen LogP contribution in [0.15, 0.2) is 22.7 Å². The number of carbonyl (C=O) groups excluding carboxylic acids is 1. The van der Waals surface area contributed by atoms with Gasteiger partial charge in [0.15, 0.2) is 0 Å².